The molecule has 14 heavy (non-hydrogen) atoms. The highest BCUT2D eigenvalue weighted by Gasteiger charge is 2.35. The Morgan fingerprint density at radius 2 is 1.86 bits per heavy atom. The van der Waals surface area contributed by atoms with Gasteiger partial charge >= 0.3 is 0 Å². The second-order valence-corrected chi connectivity index (χ2v) is 5.93. The Morgan fingerprint density at radius 3 is 2.14 bits per heavy atom. The van der Waals surface area contributed by atoms with E-state index in [9.17, 15) is 13.5 Å². The van der Waals surface area contributed by atoms with Gasteiger partial charge in [0.15, 0.2) is 0 Å². The van der Waals surface area contributed by atoms with Gasteiger partial charge in [-0.3, -0.25) is 9.87 Å². The van der Waals surface area contributed by atoms with Crippen LogP contribution in [0.3, 0.4) is 0 Å². The number of hydrogen-bond donors (Lipinski definition) is 3. The van der Waals surface area contributed by atoms with E-state index < -0.39 is 21.2 Å². The molecule has 6 heteroatoms. The van der Waals surface area contributed by atoms with Gasteiger partial charge in [0.1, 0.15) is 11.1 Å². The van der Waals surface area contributed by atoms with Gasteiger partial charge in [0.05, 0.1) is 0 Å². The lowest BCUT2D eigenvalue weighted by Gasteiger charge is -2.29. The summed E-state index contributed by atoms with van der Waals surface area (Å²) >= 11 is 0. The van der Waals surface area contributed by atoms with Crippen LogP contribution in [0.4, 0.5) is 0 Å². The third kappa shape index (κ3) is 3.53. The minimum absolute atomic E-state index is 0.0731. The lowest BCUT2D eigenvalue weighted by molar-refractivity contribution is 0.0649. The maximum Gasteiger partial charge on any atom is 0.283 e. The molecule has 0 aliphatic carbocycles. The number of aliphatic hydroxyl groups excluding tert-OH is 1. The molecular weight excluding hydrogens is 206 g/mol. The highest BCUT2D eigenvalue weighted by molar-refractivity contribution is 7.87. The Bertz CT molecular complexity index is 273. The van der Waals surface area contributed by atoms with Crippen LogP contribution in [0.25, 0.3) is 0 Å². The molecular formula is C8H19NO4S. The van der Waals surface area contributed by atoms with Crippen LogP contribution in [0.1, 0.15) is 34.1 Å². The van der Waals surface area contributed by atoms with Crippen LogP contribution in [0.5, 0.6) is 0 Å². The Morgan fingerprint density at radius 1 is 1.43 bits per heavy atom. The molecule has 86 valence electrons. The van der Waals surface area contributed by atoms with Gasteiger partial charge in [-0.05, 0) is 26.2 Å². The molecule has 0 bridgehead atoms. The molecule has 0 aliphatic heterocycles. The Labute approximate surface area is 85.3 Å². The summed E-state index contributed by atoms with van der Waals surface area (Å²) in [5.74, 6) is -0.0731. The van der Waals surface area contributed by atoms with Crippen molar-refractivity contribution in [2.24, 2.45) is 5.92 Å². The predicted molar refractivity (Wildman–Crippen MR) is 54.2 cm³/mol. The van der Waals surface area contributed by atoms with E-state index >= 15 is 0 Å². The molecule has 0 amide bonds. The second-order valence-electron chi connectivity index (χ2n) is 3.96. The van der Waals surface area contributed by atoms with Crippen molar-refractivity contribution in [3.8, 4) is 0 Å². The summed E-state index contributed by atoms with van der Waals surface area (Å²) in [6.07, 6.45) is -0.229. The summed E-state index contributed by atoms with van der Waals surface area (Å²) in [7, 11) is -4.21. The molecule has 0 aliphatic rings. The molecule has 3 N–H and O–H groups in total. The topological polar surface area (TPSA) is 86.6 Å². The molecule has 0 saturated heterocycles. The lowest BCUT2D eigenvalue weighted by Crippen LogP contribution is -2.53. The fraction of sp³-hybridized carbons (Fsp3) is 1.00. The van der Waals surface area contributed by atoms with Gasteiger partial charge in [-0.25, -0.2) is 0 Å². The normalized spacial score (nSPS) is 17.9. The van der Waals surface area contributed by atoms with Gasteiger partial charge < -0.3 is 5.11 Å². The Hall–Kier alpha value is -0.170. The summed E-state index contributed by atoms with van der Waals surface area (Å²) < 4.78 is 30.6. The van der Waals surface area contributed by atoms with Crippen molar-refractivity contribution < 1.29 is 18.1 Å². The minimum atomic E-state index is -4.21. The van der Waals surface area contributed by atoms with Crippen molar-refractivity contribution in [2.75, 3.05) is 0 Å². The van der Waals surface area contributed by atoms with Gasteiger partial charge in [-0.2, -0.15) is 8.42 Å². The molecule has 2 unspecified atom stereocenters. The number of nitrogens with one attached hydrogen (secondary N) is 1. The molecule has 0 spiro atoms. The predicted octanol–water partition coefficient (Wildman–Crippen LogP) is 0.564. The van der Waals surface area contributed by atoms with E-state index in [1.807, 2.05) is 6.92 Å². The van der Waals surface area contributed by atoms with E-state index in [4.69, 9.17) is 4.55 Å². The minimum Gasteiger partial charge on any atom is -0.378 e. The third-order valence-corrected chi connectivity index (χ3v) is 3.73. The zero-order valence-electron chi connectivity index (χ0n) is 8.98. The van der Waals surface area contributed by atoms with Crippen molar-refractivity contribution in [3.63, 3.8) is 0 Å². The Balaban J connectivity index is 4.53. The van der Waals surface area contributed by atoms with Gasteiger partial charge in [0.2, 0.25) is 0 Å². The number of rotatable bonds is 5. The standard InChI is InChI=1S/C8H19NO4S/c1-5-6(2)7(10)9-8(3,4)14(11,12)13/h6-7,9-10H,5H2,1-4H3,(H,11,12,13). The molecule has 0 aromatic carbocycles. The fourth-order valence-corrected chi connectivity index (χ4v) is 1.07. The molecule has 0 aromatic heterocycles. The molecule has 2 atom stereocenters. The van der Waals surface area contributed by atoms with Crippen molar-refractivity contribution in [1.29, 1.82) is 0 Å². The van der Waals surface area contributed by atoms with Crippen molar-refractivity contribution in [2.45, 2.75) is 45.2 Å². The molecule has 0 rings (SSSR count). The molecule has 5 nitrogen and oxygen atoms in total. The van der Waals surface area contributed by atoms with Crippen LogP contribution in [0.2, 0.25) is 0 Å². The second kappa shape index (κ2) is 4.57. The van der Waals surface area contributed by atoms with Gasteiger partial charge in [0.25, 0.3) is 10.1 Å². The highest BCUT2D eigenvalue weighted by atomic mass is 32.2. The quantitative estimate of drug-likeness (QED) is 0.470. The molecule has 0 aromatic rings. The summed E-state index contributed by atoms with van der Waals surface area (Å²) in [6.45, 7) is 6.27. The number of hydrogen-bond acceptors (Lipinski definition) is 4. The molecule has 0 heterocycles. The van der Waals surface area contributed by atoms with Crippen LogP contribution >= 0.6 is 0 Å². The van der Waals surface area contributed by atoms with Gasteiger partial charge in [0, 0.05) is 0 Å². The SMILES string of the molecule is CCC(C)C(O)NC(C)(C)S(=O)(=O)O. The Kier molecular flexibility index (Phi) is 4.51. The summed E-state index contributed by atoms with van der Waals surface area (Å²) in [4.78, 5) is -1.53. The summed E-state index contributed by atoms with van der Waals surface area (Å²) in [5, 5.41) is 12.0. The third-order valence-electron chi connectivity index (χ3n) is 2.32. The van der Waals surface area contributed by atoms with Crippen LogP contribution in [0, 0.1) is 5.92 Å². The molecule has 0 radical (unpaired) electrons. The van der Waals surface area contributed by atoms with Crippen LogP contribution in [-0.4, -0.2) is 29.2 Å². The van der Waals surface area contributed by atoms with Crippen LogP contribution in [-0.2, 0) is 10.1 Å². The summed E-state index contributed by atoms with van der Waals surface area (Å²) in [6, 6.07) is 0. The van der Waals surface area contributed by atoms with Crippen LogP contribution < -0.4 is 5.32 Å². The summed E-state index contributed by atoms with van der Waals surface area (Å²) in [5.41, 5.74) is 0. The van der Waals surface area contributed by atoms with Crippen molar-refractivity contribution >= 4 is 10.1 Å². The maximum atomic E-state index is 10.9. The average Bonchev–Trinajstić information content (AvgIpc) is 2.00. The zero-order chi connectivity index (χ0) is 11.6. The smallest absolute Gasteiger partial charge is 0.283 e. The maximum absolute atomic E-state index is 10.9. The molecule has 0 fully saturated rings. The van der Waals surface area contributed by atoms with E-state index in [1.165, 1.54) is 13.8 Å². The number of aliphatic hydroxyl groups is 1. The largest absolute Gasteiger partial charge is 0.378 e. The highest BCUT2D eigenvalue weighted by Crippen LogP contribution is 2.14. The molecule has 0 saturated carbocycles. The van der Waals surface area contributed by atoms with E-state index in [0.717, 1.165) is 6.42 Å². The zero-order valence-corrected chi connectivity index (χ0v) is 9.80. The van der Waals surface area contributed by atoms with Gasteiger partial charge in [-0.15, -0.1) is 0 Å². The first-order valence-corrected chi connectivity index (χ1v) is 5.98. The van der Waals surface area contributed by atoms with Gasteiger partial charge in [-0.1, -0.05) is 13.8 Å². The first kappa shape index (κ1) is 13.8. The van der Waals surface area contributed by atoms with E-state index in [-0.39, 0.29) is 5.92 Å². The fourth-order valence-electron chi connectivity index (χ4n) is 0.796. The van der Waals surface area contributed by atoms with Crippen LogP contribution in [0.15, 0.2) is 0 Å². The lowest BCUT2D eigenvalue weighted by atomic mass is 10.1. The van der Waals surface area contributed by atoms with E-state index in [2.05, 4.69) is 5.32 Å². The van der Waals surface area contributed by atoms with Crippen molar-refractivity contribution in [3.05, 3.63) is 0 Å². The first-order chi connectivity index (χ1) is 6.12. The van der Waals surface area contributed by atoms with Crippen molar-refractivity contribution in [1.82, 2.24) is 5.32 Å². The van der Waals surface area contributed by atoms with E-state index in [1.54, 1.807) is 6.92 Å². The first-order valence-electron chi connectivity index (χ1n) is 4.54. The average molecular weight is 225 g/mol. The monoisotopic (exact) mass is 225 g/mol. The van der Waals surface area contributed by atoms with E-state index in [0.29, 0.717) is 0 Å².